The third-order valence-corrected chi connectivity index (χ3v) is 3.22. The number of rotatable bonds is 5. The minimum atomic E-state index is -5.70. The van der Waals surface area contributed by atoms with Crippen LogP contribution in [0.15, 0.2) is 6.20 Å². The lowest BCUT2D eigenvalue weighted by molar-refractivity contribution is -0.384. The Balaban J connectivity index is 2.80. The van der Waals surface area contributed by atoms with E-state index in [0.717, 1.165) is 0 Å². The van der Waals surface area contributed by atoms with Crippen LogP contribution in [0.2, 0.25) is 0 Å². The standard InChI is InChI=1S/C13H9F7N4O2/c1-2-3-21-12-5(24(25)26)4-22-23(12)11-9(16)7(14)6(13(18,19)20)8(15)10(11)17/h4,21H,2-3H2,1H3. The molecule has 0 aliphatic carbocycles. The van der Waals surface area contributed by atoms with Gasteiger partial charge in [-0.25, -0.2) is 22.2 Å². The van der Waals surface area contributed by atoms with Crippen molar-refractivity contribution in [2.75, 3.05) is 11.9 Å². The average Bonchev–Trinajstić information content (AvgIpc) is 2.94. The molecule has 0 radical (unpaired) electrons. The maximum Gasteiger partial charge on any atom is 0.422 e. The van der Waals surface area contributed by atoms with Crippen LogP contribution in [0.25, 0.3) is 5.69 Å². The molecule has 0 spiro atoms. The Kier molecular flexibility index (Phi) is 5.09. The SMILES string of the molecule is CCCNc1c([N+](=O)[O-])cnn1-c1c(F)c(F)c(C(F)(F)F)c(F)c1F. The highest BCUT2D eigenvalue weighted by atomic mass is 19.4. The largest absolute Gasteiger partial charge is 0.422 e. The summed E-state index contributed by atoms with van der Waals surface area (Å²) < 4.78 is 93.6. The molecule has 142 valence electrons. The number of hydrogen-bond acceptors (Lipinski definition) is 4. The van der Waals surface area contributed by atoms with E-state index in [9.17, 15) is 40.8 Å². The number of aromatic nitrogens is 2. The number of anilines is 1. The van der Waals surface area contributed by atoms with E-state index < -0.39 is 57.1 Å². The molecule has 0 aliphatic heterocycles. The highest BCUT2D eigenvalue weighted by Gasteiger charge is 2.43. The lowest BCUT2D eigenvalue weighted by Crippen LogP contribution is -2.19. The summed E-state index contributed by atoms with van der Waals surface area (Å²) in [4.78, 5) is 9.95. The second kappa shape index (κ2) is 6.80. The fraction of sp³-hybridized carbons (Fsp3) is 0.308. The fourth-order valence-corrected chi connectivity index (χ4v) is 2.11. The van der Waals surface area contributed by atoms with Gasteiger partial charge in [0.25, 0.3) is 0 Å². The summed E-state index contributed by atoms with van der Waals surface area (Å²) in [6.07, 6.45) is -4.78. The van der Waals surface area contributed by atoms with E-state index in [1.807, 2.05) is 0 Å². The number of nitrogens with zero attached hydrogens (tertiary/aromatic N) is 3. The predicted octanol–water partition coefficient (Wildman–Crippen LogP) is 4.18. The van der Waals surface area contributed by atoms with Gasteiger partial charge in [-0.3, -0.25) is 10.1 Å². The van der Waals surface area contributed by atoms with Crippen LogP contribution in [0.3, 0.4) is 0 Å². The van der Waals surface area contributed by atoms with Crippen LogP contribution in [0.1, 0.15) is 18.9 Å². The predicted molar refractivity (Wildman–Crippen MR) is 73.8 cm³/mol. The van der Waals surface area contributed by atoms with Gasteiger partial charge in [0.1, 0.15) is 17.4 Å². The van der Waals surface area contributed by atoms with Crippen molar-refractivity contribution in [1.82, 2.24) is 9.78 Å². The zero-order valence-electron chi connectivity index (χ0n) is 12.8. The van der Waals surface area contributed by atoms with Crippen molar-refractivity contribution in [3.8, 4) is 5.69 Å². The maximum absolute atomic E-state index is 14.1. The minimum absolute atomic E-state index is 0.0430. The Labute approximate surface area is 140 Å². The Bertz CT molecular complexity index is 834. The van der Waals surface area contributed by atoms with E-state index >= 15 is 0 Å². The first kappa shape index (κ1) is 19.5. The number of nitro groups is 1. The number of nitrogens with one attached hydrogen (secondary N) is 1. The normalized spacial score (nSPS) is 11.7. The second-order valence-electron chi connectivity index (χ2n) is 4.95. The van der Waals surface area contributed by atoms with Gasteiger partial charge in [0.05, 0.1) is 4.92 Å². The van der Waals surface area contributed by atoms with Crippen molar-refractivity contribution in [3.63, 3.8) is 0 Å². The van der Waals surface area contributed by atoms with Crippen LogP contribution in [0, 0.1) is 33.4 Å². The van der Waals surface area contributed by atoms with E-state index in [2.05, 4.69) is 10.4 Å². The van der Waals surface area contributed by atoms with E-state index in [-0.39, 0.29) is 11.2 Å². The number of hydrogen-bond donors (Lipinski definition) is 1. The van der Waals surface area contributed by atoms with Crippen LogP contribution in [-0.2, 0) is 6.18 Å². The van der Waals surface area contributed by atoms with Crippen LogP contribution in [0.4, 0.5) is 42.2 Å². The summed E-state index contributed by atoms with van der Waals surface area (Å²) in [5, 5.41) is 16.6. The topological polar surface area (TPSA) is 73.0 Å². The van der Waals surface area contributed by atoms with E-state index in [1.165, 1.54) is 0 Å². The smallest absolute Gasteiger partial charge is 0.364 e. The molecule has 1 heterocycles. The quantitative estimate of drug-likeness (QED) is 0.362. The highest BCUT2D eigenvalue weighted by molar-refractivity contribution is 5.60. The van der Waals surface area contributed by atoms with E-state index in [1.54, 1.807) is 6.92 Å². The van der Waals surface area contributed by atoms with E-state index in [0.29, 0.717) is 12.6 Å². The van der Waals surface area contributed by atoms with Gasteiger partial charge in [-0.05, 0) is 6.42 Å². The van der Waals surface area contributed by atoms with Crippen LogP contribution >= 0.6 is 0 Å². The molecule has 0 atom stereocenters. The first-order valence-corrected chi connectivity index (χ1v) is 6.92. The summed E-state index contributed by atoms with van der Waals surface area (Å²) in [7, 11) is 0. The van der Waals surface area contributed by atoms with Gasteiger partial charge in [0, 0.05) is 6.54 Å². The van der Waals surface area contributed by atoms with Gasteiger partial charge >= 0.3 is 11.9 Å². The molecule has 6 nitrogen and oxygen atoms in total. The molecule has 0 aliphatic rings. The Morgan fingerprint density at radius 3 is 2.12 bits per heavy atom. The van der Waals surface area contributed by atoms with Gasteiger partial charge in [0.15, 0.2) is 23.3 Å². The number of alkyl halides is 3. The van der Waals surface area contributed by atoms with Crippen molar-refractivity contribution in [2.24, 2.45) is 0 Å². The Morgan fingerprint density at radius 1 is 1.15 bits per heavy atom. The highest BCUT2D eigenvalue weighted by Crippen LogP contribution is 2.39. The van der Waals surface area contributed by atoms with Gasteiger partial charge in [-0.1, -0.05) is 6.92 Å². The summed E-state index contributed by atoms with van der Waals surface area (Å²) >= 11 is 0. The van der Waals surface area contributed by atoms with Crippen LogP contribution in [-0.4, -0.2) is 21.2 Å². The molecule has 13 heteroatoms. The minimum Gasteiger partial charge on any atom is -0.364 e. The molecule has 2 aromatic rings. The molecule has 0 fully saturated rings. The third-order valence-electron chi connectivity index (χ3n) is 3.22. The molecular formula is C13H9F7N4O2. The molecule has 1 aromatic carbocycles. The van der Waals surface area contributed by atoms with Crippen molar-refractivity contribution in [3.05, 3.63) is 45.1 Å². The molecular weight excluding hydrogens is 377 g/mol. The lowest BCUT2D eigenvalue weighted by atomic mass is 10.1. The molecule has 0 saturated carbocycles. The molecule has 1 aromatic heterocycles. The molecule has 0 amide bonds. The van der Waals surface area contributed by atoms with Gasteiger partial charge in [0.2, 0.25) is 5.82 Å². The molecule has 2 rings (SSSR count). The zero-order valence-corrected chi connectivity index (χ0v) is 12.8. The first-order valence-electron chi connectivity index (χ1n) is 6.92. The van der Waals surface area contributed by atoms with E-state index in [4.69, 9.17) is 0 Å². The first-order chi connectivity index (χ1) is 12.0. The fourth-order valence-electron chi connectivity index (χ4n) is 2.11. The average molecular weight is 386 g/mol. The van der Waals surface area contributed by atoms with Gasteiger partial charge in [-0.2, -0.15) is 18.3 Å². The van der Waals surface area contributed by atoms with Gasteiger partial charge < -0.3 is 5.32 Å². The summed E-state index contributed by atoms with van der Waals surface area (Å²) in [5.74, 6) is -10.8. The molecule has 0 bridgehead atoms. The molecule has 26 heavy (non-hydrogen) atoms. The summed E-state index contributed by atoms with van der Waals surface area (Å²) in [5.41, 5.74) is -5.20. The Morgan fingerprint density at radius 2 is 1.69 bits per heavy atom. The summed E-state index contributed by atoms with van der Waals surface area (Å²) in [6.45, 7) is 1.68. The zero-order chi connectivity index (χ0) is 19.8. The number of benzene rings is 1. The van der Waals surface area contributed by atoms with Crippen molar-refractivity contribution in [2.45, 2.75) is 19.5 Å². The summed E-state index contributed by atoms with van der Waals surface area (Å²) in [6, 6.07) is 0. The van der Waals surface area contributed by atoms with Crippen molar-refractivity contribution >= 4 is 11.5 Å². The van der Waals surface area contributed by atoms with Crippen LogP contribution < -0.4 is 5.32 Å². The lowest BCUT2D eigenvalue weighted by Gasteiger charge is -2.15. The third kappa shape index (κ3) is 3.15. The monoisotopic (exact) mass is 386 g/mol. The van der Waals surface area contributed by atoms with Crippen LogP contribution in [0.5, 0.6) is 0 Å². The van der Waals surface area contributed by atoms with Gasteiger partial charge in [-0.15, -0.1) is 0 Å². The molecule has 0 unspecified atom stereocenters. The number of halogens is 7. The molecule has 1 N–H and O–H groups in total. The van der Waals surface area contributed by atoms with Crippen molar-refractivity contribution < 1.29 is 35.7 Å². The maximum atomic E-state index is 14.1. The second-order valence-corrected chi connectivity index (χ2v) is 4.95. The van der Waals surface area contributed by atoms with Crippen molar-refractivity contribution in [1.29, 1.82) is 0 Å². The Hall–Kier alpha value is -2.86. The molecule has 0 saturated heterocycles.